The van der Waals surface area contributed by atoms with Gasteiger partial charge in [-0.2, -0.15) is 0 Å². The Labute approximate surface area is 130 Å². The second-order valence-electron chi connectivity index (χ2n) is 5.91. The Morgan fingerprint density at radius 3 is 1.61 bits per heavy atom. The Morgan fingerprint density at radius 2 is 1.11 bits per heavy atom. The lowest BCUT2D eigenvalue weighted by Gasteiger charge is -2.10. The van der Waals surface area contributed by atoms with Crippen LogP contribution in [0.4, 0.5) is 0 Å². The van der Waals surface area contributed by atoms with Crippen molar-refractivity contribution < 1.29 is 0 Å². The van der Waals surface area contributed by atoms with Crippen molar-refractivity contribution in [3.8, 4) is 0 Å². The summed E-state index contributed by atoms with van der Waals surface area (Å²) in [6, 6.07) is 0. The van der Waals surface area contributed by atoms with E-state index >= 15 is 0 Å². The van der Waals surface area contributed by atoms with E-state index in [4.69, 9.17) is 0 Å². The van der Waals surface area contributed by atoms with Gasteiger partial charge in [0.05, 0.1) is 0 Å². The van der Waals surface area contributed by atoms with Crippen molar-refractivity contribution in [3.05, 3.63) is 0 Å². The smallest absolute Gasteiger partial charge is 0.000473 e. The number of unbranched alkanes of at least 4 members (excludes halogenated alkanes) is 9. The van der Waals surface area contributed by atoms with Crippen LogP contribution < -0.4 is 0 Å². The highest BCUT2D eigenvalue weighted by Gasteiger charge is 2.01. The fourth-order valence-electron chi connectivity index (χ4n) is 2.54. The maximum Gasteiger partial charge on any atom is -0.000473 e. The largest absolute Gasteiger partial charge is 0.0864 e. The van der Waals surface area contributed by atoms with Gasteiger partial charge in [0, 0.05) is 0 Å². The third kappa shape index (κ3) is 14.8. The normalized spacial score (nSPS) is 12.8. The predicted octanol–water partition coefficient (Wildman–Crippen LogP) is 7.15. The lowest BCUT2D eigenvalue weighted by Crippen LogP contribution is -1.95. The molecule has 110 valence electrons. The molecule has 0 radical (unpaired) electrons. The fraction of sp³-hybridized carbons (Fsp3) is 1.00. The first-order valence-corrected chi connectivity index (χ1v) is 9.89. The highest BCUT2D eigenvalue weighted by molar-refractivity contribution is 14.1. The summed E-state index contributed by atoms with van der Waals surface area (Å²) in [6.45, 7) is 4.75. The maximum atomic E-state index is 2.48. The van der Waals surface area contributed by atoms with Crippen LogP contribution >= 0.6 is 22.6 Å². The Kier molecular flexibility index (Phi) is 16.4. The van der Waals surface area contributed by atoms with Gasteiger partial charge in [-0.1, -0.05) is 113 Å². The zero-order valence-electron chi connectivity index (χ0n) is 12.9. The molecular formula is C17H35I. The summed E-state index contributed by atoms with van der Waals surface area (Å²) in [7, 11) is 0. The number of rotatable bonds is 14. The number of halogens is 1. The topological polar surface area (TPSA) is 0 Å². The molecule has 0 amide bonds. The summed E-state index contributed by atoms with van der Waals surface area (Å²) in [4.78, 5) is 0. The molecule has 1 heteroatoms. The first kappa shape index (κ1) is 18.7. The average Bonchev–Trinajstić information content (AvgIpc) is 2.38. The molecule has 1 unspecified atom stereocenters. The molecule has 0 saturated heterocycles. The van der Waals surface area contributed by atoms with Crippen molar-refractivity contribution >= 4 is 22.6 Å². The van der Waals surface area contributed by atoms with Crippen LogP contribution in [0.25, 0.3) is 0 Å². The van der Waals surface area contributed by atoms with Crippen molar-refractivity contribution in [2.75, 3.05) is 4.43 Å². The summed E-state index contributed by atoms with van der Waals surface area (Å²) in [5.74, 6) is 0.973. The Balaban J connectivity index is 3.08. The van der Waals surface area contributed by atoms with E-state index in [1.165, 1.54) is 87.9 Å². The predicted molar refractivity (Wildman–Crippen MR) is 93.7 cm³/mol. The second kappa shape index (κ2) is 15.8. The van der Waals surface area contributed by atoms with Crippen LogP contribution in [0.2, 0.25) is 0 Å². The molecule has 0 aromatic heterocycles. The monoisotopic (exact) mass is 366 g/mol. The van der Waals surface area contributed by atoms with Gasteiger partial charge in [0.15, 0.2) is 0 Å². The zero-order chi connectivity index (χ0) is 13.5. The molecular weight excluding hydrogens is 331 g/mol. The lowest BCUT2D eigenvalue weighted by atomic mass is 9.96. The lowest BCUT2D eigenvalue weighted by molar-refractivity contribution is 0.433. The van der Waals surface area contributed by atoms with Gasteiger partial charge in [-0.05, 0) is 16.8 Å². The van der Waals surface area contributed by atoms with E-state index in [2.05, 4.69) is 36.4 Å². The van der Waals surface area contributed by atoms with Crippen molar-refractivity contribution in [1.82, 2.24) is 0 Å². The van der Waals surface area contributed by atoms with Gasteiger partial charge in [0.1, 0.15) is 0 Å². The van der Waals surface area contributed by atoms with Crippen LogP contribution in [-0.4, -0.2) is 4.43 Å². The van der Waals surface area contributed by atoms with E-state index < -0.39 is 0 Å². The maximum absolute atomic E-state index is 2.48. The molecule has 18 heavy (non-hydrogen) atoms. The molecule has 0 heterocycles. The molecule has 0 fully saturated rings. The van der Waals surface area contributed by atoms with E-state index in [0.29, 0.717) is 0 Å². The van der Waals surface area contributed by atoms with Gasteiger partial charge >= 0.3 is 0 Å². The molecule has 1 atom stereocenters. The van der Waals surface area contributed by atoms with Crippen molar-refractivity contribution in [1.29, 1.82) is 0 Å². The van der Waals surface area contributed by atoms with Gasteiger partial charge < -0.3 is 0 Å². The van der Waals surface area contributed by atoms with E-state index in [1.807, 2.05) is 0 Å². The van der Waals surface area contributed by atoms with Crippen LogP contribution in [0, 0.1) is 5.92 Å². The van der Waals surface area contributed by atoms with Gasteiger partial charge in [-0.15, -0.1) is 0 Å². The highest BCUT2D eigenvalue weighted by Crippen LogP contribution is 2.18. The van der Waals surface area contributed by atoms with Crippen molar-refractivity contribution in [2.45, 2.75) is 97.3 Å². The van der Waals surface area contributed by atoms with Gasteiger partial charge in [0.25, 0.3) is 0 Å². The van der Waals surface area contributed by atoms with E-state index in [0.717, 1.165) is 5.92 Å². The van der Waals surface area contributed by atoms with Crippen molar-refractivity contribution in [2.24, 2.45) is 5.92 Å². The first-order valence-electron chi connectivity index (χ1n) is 8.37. The molecule has 0 aliphatic rings. The van der Waals surface area contributed by atoms with Gasteiger partial charge in [0.2, 0.25) is 0 Å². The molecule has 0 bridgehead atoms. The minimum atomic E-state index is 0.973. The second-order valence-corrected chi connectivity index (χ2v) is 6.99. The molecule has 0 aromatic rings. The Morgan fingerprint density at radius 1 is 0.667 bits per heavy atom. The summed E-state index contributed by atoms with van der Waals surface area (Å²) in [6.07, 6.45) is 18.9. The van der Waals surface area contributed by atoms with E-state index in [-0.39, 0.29) is 0 Å². The minimum Gasteiger partial charge on any atom is -0.0864 e. The molecule has 0 N–H and O–H groups in total. The van der Waals surface area contributed by atoms with Gasteiger partial charge in [-0.3, -0.25) is 0 Å². The molecule has 0 aliphatic heterocycles. The van der Waals surface area contributed by atoms with Crippen LogP contribution in [0.5, 0.6) is 0 Å². The molecule has 0 aliphatic carbocycles. The summed E-state index contributed by atoms with van der Waals surface area (Å²) in [5.41, 5.74) is 0. The summed E-state index contributed by atoms with van der Waals surface area (Å²) in [5, 5.41) is 0. The fourth-order valence-corrected chi connectivity index (χ4v) is 3.07. The van der Waals surface area contributed by atoms with Crippen LogP contribution in [0.15, 0.2) is 0 Å². The third-order valence-electron chi connectivity index (χ3n) is 3.88. The van der Waals surface area contributed by atoms with Crippen LogP contribution in [0.1, 0.15) is 97.3 Å². The van der Waals surface area contributed by atoms with Crippen LogP contribution in [0.3, 0.4) is 0 Å². The SMILES string of the molecule is CCCCCCC(C)CCCCCCCCCI. The average molecular weight is 366 g/mol. The highest BCUT2D eigenvalue weighted by atomic mass is 127. The summed E-state index contributed by atoms with van der Waals surface area (Å²) >= 11 is 2.48. The molecule has 0 spiro atoms. The van der Waals surface area contributed by atoms with Gasteiger partial charge in [-0.25, -0.2) is 0 Å². The quantitative estimate of drug-likeness (QED) is 0.174. The molecule has 0 nitrogen and oxygen atoms in total. The molecule has 0 saturated carbocycles. The van der Waals surface area contributed by atoms with Crippen LogP contribution in [-0.2, 0) is 0 Å². The standard InChI is InChI=1S/C17H35I/c1-3-4-5-11-14-17(2)15-12-9-7-6-8-10-13-16-18/h17H,3-16H2,1-2H3. The van der Waals surface area contributed by atoms with Crippen molar-refractivity contribution in [3.63, 3.8) is 0 Å². The molecule has 0 rings (SSSR count). The molecule has 0 aromatic carbocycles. The first-order chi connectivity index (χ1) is 8.81. The number of hydrogen-bond acceptors (Lipinski definition) is 0. The number of alkyl halides is 1. The minimum absolute atomic E-state index is 0.973. The zero-order valence-corrected chi connectivity index (χ0v) is 15.0. The van der Waals surface area contributed by atoms with E-state index in [9.17, 15) is 0 Å². The Bertz CT molecular complexity index is 145. The summed E-state index contributed by atoms with van der Waals surface area (Å²) < 4.78 is 1.34. The third-order valence-corrected chi connectivity index (χ3v) is 4.64. The number of hydrogen-bond donors (Lipinski definition) is 0. The van der Waals surface area contributed by atoms with E-state index in [1.54, 1.807) is 0 Å². The Hall–Kier alpha value is 0.730.